The molecule has 0 atom stereocenters. The summed E-state index contributed by atoms with van der Waals surface area (Å²) < 4.78 is 32.2. The first-order valence-electron chi connectivity index (χ1n) is 9.12. The third-order valence-electron chi connectivity index (χ3n) is 5.10. The molecule has 1 N–H and O–H groups in total. The van der Waals surface area contributed by atoms with Crippen LogP contribution in [0.1, 0.15) is 15.9 Å². The molecule has 1 aliphatic heterocycles. The van der Waals surface area contributed by atoms with Crippen LogP contribution in [-0.2, 0) is 10.0 Å². The van der Waals surface area contributed by atoms with Gasteiger partial charge in [-0.1, -0.05) is 29.8 Å². The van der Waals surface area contributed by atoms with Crippen LogP contribution in [0.2, 0.25) is 5.02 Å². The van der Waals surface area contributed by atoms with E-state index in [1.807, 2.05) is 0 Å². The molecule has 0 aromatic heterocycles. The fraction of sp³-hybridized carbons (Fsp3) is 0.136. The van der Waals surface area contributed by atoms with Gasteiger partial charge < -0.3 is 10.1 Å². The minimum atomic E-state index is -3.64. The van der Waals surface area contributed by atoms with Crippen LogP contribution in [0.15, 0.2) is 59.5 Å². The van der Waals surface area contributed by atoms with E-state index in [0.717, 1.165) is 0 Å². The number of benzene rings is 3. The number of ether oxygens (including phenoxy) is 1. The van der Waals surface area contributed by atoms with Gasteiger partial charge in [0.15, 0.2) is 0 Å². The lowest BCUT2D eigenvalue weighted by Crippen LogP contribution is -2.31. The molecule has 4 rings (SSSR count). The lowest BCUT2D eigenvalue weighted by atomic mass is 9.96. The van der Waals surface area contributed by atoms with Gasteiger partial charge in [0.1, 0.15) is 5.75 Å². The van der Waals surface area contributed by atoms with Crippen molar-refractivity contribution >= 4 is 38.9 Å². The first-order valence-corrected chi connectivity index (χ1v) is 10.9. The van der Waals surface area contributed by atoms with Crippen molar-refractivity contribution in [2.45, 2.75) is 11.8 Å². The summed E-state index contributed by atoms with van der Waals surface area (Å²) in [5, 5.41) is 3.21. The lowest BCUT2D eigenvalue weighted by molar-refractivity contribution is 0.102. The van der Waals surface area contributed by atoms with Gasteiger partial charge >= 0.3 is 0 Å². The maximum atomic E-state index is 12.9. The molecule has 8 heteroatoms. The maximum absolute atomic E-state index is 12.9. The van der Waals surface area contributed by atoms with E-state index in [9.17, 15) is 13.2 Å². The Morgan fingerprint density at radius 3 is 2.50 bits per heavy atom. The monoisotopic (exact) mass is 442 g/mol. The van der Waals surface area contributed by atoms with Crippen molar-refractivity contribution in [1.82, 2.24) is 0 Å². The standard InChI is InChI=1S/C22H19ClN2O4S/c1-13-10-14(22(26)24-15-8-9-19(29-3)18(23)12-15)11-17-16-6-4-5-7-20(16)30(27,28)25(2)21(13)17/h4-12H,1-3H3,(H,24,26). The zero-order valence-corrected chi connectivity index (χ0v) is 18.1. The van der Waals surface area contributed by atoms with Gasteiger partial charge in [0.05, 0.1) is 22.7 Å². The number of anilines is 2. The van der Waals surface area contributed by atoms with Crippen molar-refractivity contribution in [2.75, 3.05) is 23.8 Å². The fourth-order valence-corrected chi connectivity index (χ4v) is 5.41. The van der Waals surface area contributed by atoms with Gasteiger partial charge in [-0.15, -0.1) is 0 Å². The highest BCUT2D eigenvalue weighted by molar-refractivity contribution is 7.93. The van der Waals surface area contributed by atoms with Crippen LogP contribution in [0, 0.1) is 6.92 Å². The smallest absolute Gasteiger partial charge is 0.264 e. The molecule has 0 saturated carbocycles. The summed E-state index contributed by atoms with van der Waals surface area (Å²) in [5.41, 5.74) is 3.47. The Bertz CT molecular complexity index is 1290. The van der Waals surface area contributed by atoms with E-state index in [0.29, 0.717) is 44.4 Å². The molecular weight excluding hydrogens is 424 g/mol. The molecule has 6 nitrogen and oxygen atoms in total. The average Bonchev–Trinajstić information content (AvgIpc) is 2.72. The molecule has 0 spiro atoms. The van der Waals surface area contributed by atoms with Gasteiger partial charge in [0.2, 0.25) is 0 Å². The molecule has 1 heterocycles. The molecule has 0 fully saturated rings. The van der Waals surface area contributed by atoms with Crippen molar-refractivity contribution in [2.24, 2.45) is 0 Å². The van der Waals surface area contributed by atoms with Gasteiger partial charge in [-0.25, -0.2) is 8.42 Å². The van der Waals surface area contributed by atoms with Gasteiger partial charge in [-0.3, -0.25) is 9.10 Å². The van der Waals surface area contributed by atoms with Gasteiger partial charge in [0, 0.05) is 29.4 Å². The zero-order chi connectivity index (χ0) is 21.6. The van der Waals surface area contributed by atoms with Crippen molar-refractivity contribution in [3.05, 3.63) is 70.7 Å². The quantitative estimate of drug-likeness (QED) is 0.637. The Balaban J connectivity index is 1.78. The molecule has 1 aliphatic rings. The predicted molar refractivity (Wildman–Crippen MR) is 118 cm³/mol. The molecule has 3 aromatic rings. The highest BCUT2D eigenvalue weighted by atomic mass is 35.5. The lowest BCUT2D eigenvalue weighted by Gasteiger charge is -2.31. The Morgan fingerprint density at radius 1 is 1.07 bits per heavy atom. The van der Waals surface area contributed by atoms with Gasteiger partial charge in [-0.05, 0) is 48.9 Å². The van der Waals surface area contributed by atoms with E-state index >= 15 is 0 Å². The van der Waals surface area contributed by atoms with Crippen molar-refractivity contribution in [3.63, 3.8) is 0 Å². The highest BCUT2D eigenvalue weighted by Gasteiger charge is 2.33. The summed E-state index contributed by atoms with van der Waals surface area (Å²) in [6.07, 6.45) is 0. The van der Waals surface area contributed by atoms with Crippen molar-refractivity contribution in [3.8, 4) is 16.9 Å². The minimum Gasteiger partial charge on any atom is -0.495 e. The van der Waals surface area contributed by atoms with E-state index in [1.54, 1.807) is 61.5 Å². The maximum Gasteiger partial charge on any atom is 0.264 e. The number of fused-ring (bicyclic) bond motifs is 3. The molecule has 154 valence electrons. The van der Waals surface area contributed by atoms with Crippen LogP contribution < -0.4 is 14.4 Å². The van der Waals surface area contributed by atoms with Gasteiger partial charge in [0.25, 0.3) is 15.9 Å². The van der Waals surface area contributed by atoms with Crippen LogP contribution in [0.5, 0.6) is 5.75 Å². The number of nitrogens with one attached hydrogen (secondary N) is 1. The number of nitrogens with zero attached hydrogens (tertiary/aromatic N) is 1. The Morgan fingerprint density at radius 2 is 1.80 bits per heavy atom. The summed E-state index contributed by atoms with van der Waals surface area (Å²) in [6.45, 7) is 1.79. The molecule has 30 heavy (non-hydrogen) atoms. The largest absolute Gasteiger partial charge is 0.495 e. The predicted octanol–water partition coefficient (Wildman–Crippen LogP) is 4.71. The van der Waals surface area contributed by atoms with Crippen LogP contribution in [0.25, 0.3) is 11.1 Å². The highest BCUT2D eigenvalue weighted by Crippen LogP contribution is 2.44. The van der Waals surface area contributed by atoms with E-state index in [1.165, 1.54) is 18.5 Å². The topological polar surface area (TPSA) is 75.7 Å². The van der Waals surface area contributed by atoms with Crippen LogP contribution >= 0.6 is 11.6 Å². The molecule has 0 bridgehead atoms. The second-order valence-electron chi connectivity index (χ2n) is 6.96. The molecule has 3 aromatic carbocycles. The Hall–Kier alpha value is -3.03. The third kappa shape index (κ3) is 3.20. The summed E-state index contributed by atoms with van der Waals surface area (Å²) in [5.74, 6) is 0.191. The van der Waals surface area contributed by atoms with Crippen molar-refractivity contribution in [1.29, 1.82) is 0 Å². The number of carbonyl (C=O) groups is 1. The number of aryl methyl sites for hydroxylation is 1. The Labute approximate surface area is 180 Å². The summed E-state index contributed by atoms with van der Waals surface area (Å²) in [6, 6.07) is 15.2. The summed E-state index contributed by atoms with van der Waals surface area (Å²) in [4.78, 5) is 13.1. The Kier molecular flexibility index (Phi) is 4.95. The fourth-order valence-electron chi connectivity index (χ4n) is 3.66. The van der Waals surface area contributed by atoms with Gasteiger partial charge in [-0.2, -0.15) is 0 Å². The SMILES string of the molecule is COc1ccc(NC(=O)c2cc(C)c3c(c2)-c2ccccc2S(=O)(=O)N3C)cc1Cl. The number of sulfonamides is 1. The second-order valence-corrected chi connectivity index (χ2v) is 9.31. The molecule has 0 radical (unpaired) electrons. The van der Waals surface area contributed by atoms with Crippen LogP contribution in [0.3, 0.4) is 0 Å². The van der Waals surface area contributed by atoms with Crippen LogP contribution in [-0.4, -0.2) is 28.5 Å². The molecule has 0 unspecified atom stereocenters. The van der Waals surface area contributed by atoms with E-state index in [2.05, 4.69) is 5.32 Å². The number of rotatable bonds is 3. The first kappa shape index (κ1) is 20.3. The first-order chi connectivity index (χ1) is 14.2. The van der Waals surface area contributed by atoms with E-state index < -0.39 is 10.0 Å². The molecule has 1 amide bonds. The van der Waals surface area contributed by atoms with E-state index in [4.69, 9.17) is 16.3 Å². The average molecular weight is 443 g/mol. The number of amides is 1. The number of carbonyl (C=O) groups excluding carboxylic acids is 1. The number of hydrogen-bond donors (Lipinski definition) is 1. The number of hydrogen-bond acceptors (Lipinski definition) is 4. The second kappa shape index (κ2) is 7.34. The van der Waals surface area contributed by atoms with Crippen LogP contribution in [0.4, 0.5) is 11.4 Å². The normalized spacial score (nSPS) is 13.9. The molecular formula is C22H19ClN2O4S. The molecule has 0 saturated heterocycles. The summed E-state index contributed by atoms with van der Waals surface area (Å²) in [7, 11) is -0.601. The summed E-state index contributed by atoms with van der Waals surface area (Å²) >= 11 is 6.14. The zero-order valence-electron chi connectivity index (χ0n) is 16.6. The van der Waals surface area contributed by atoms with Crippen molar-refractivity contribution < 1.29 is 17.9 Å². The minimum absolute atomic E-state index is 0.221. The van der Waals surface area contributed by atoms with E-state index in [-0.39, 0.29) is 10.8 Å². The third-order valence-corrected chi connectivity index (χ3v) is 7.21. The number of methoxy groups -OCH3 is 1. The molecule has 0 aliphatic carbocycles. The number of halogens is 1.